The molecule has 0 atom stereocenters. The van der Waals surface area contributed by atoms with E-state index in [2.05, 4.69) is 24.7 Å². The fourth-order valence-corrected chi connectivity index (χ4v) is 2.48. The van der Waals surface area contributed by atoms with E-state index in [1.807, 2.05) is 0 Å². The first-order valence-corrected chi connectivity index (χ1v) is 8.12. The molecule has 0 aliphatic carbocycles. The SMILES string of the molecule is COc1cc(OC(F)(F)F)ccc1CNC(=O)c1ccc(-c2noc(=O)[nH]2)cc1. The molecule has 0 spiro atoms. The second-order valence-electron chi connectivity index (χ2n) is 5.73. The van der Waals surface area contributed by atoms with Crippen LogP contribution in [0, 0.1) is 0 Å². The second-order valence-corrected chi connectivity index (χ2v) is 5.73. The molecule has 0 bridgehead atoms. The summed E-state index contributed by atoms with van der Waals surface area (Å²) in [6, 6.07) is 9.78. The Balaban J connectivity index is 1.66. The van der Waals surface area contributed by atoms with Gasteiger partial charge in [0.25, 0.3) is 5.91 Å². The van der Waals surface area contributed by atoms with Gasteiger partial charge in [-0.15, -0.1) is 13.2 Å². The van der Waals surface area contributed by atoms with Gasteiger partial charge in [0.15, 0.2) is 5.82 Å². The van der Waals surface area contributed by atoms with Gasteiger partial charge in [0.1, 0.15) is 11.5 Å². The first-order valence-electron chi connectivity index (χ1n) is 8.12. The highest BCUT2D eigenvalue weighted by Gasteiger charge is 2.31. The fraction of sp³-hybridized carbons (Fsp3) is 0.167. The number of alkyl halides is 3. The molecule has 0 saturated carbocycles. The van der Waals surface area contributed by atoms with Crippen molar-refractivity contribution in [2.45, 2.75) is 12.9 Å². The van der Waals surface area contributed by atoms with Crippen LogP contribution in [0.3, 0.4) is 0 Å². The Hall–Kier alpha value is -3.76. The summed E-state index contributed by atoms with van der Waals surface area (Å²) in [4.78, 5) is 25.7. The van der Waals surface area contributed by atoms with E-state index in [0.717, 1.165) is 12.1 Å². The van der Waals surface area contributed by atoms with Crippen molar-refractivity contribution >= 4 is 5.91 Å². The van der Waals surface area contributed by atoms with Crippen molar-refractivity contribution in [2.24, 2.45) is 0 Å². The summed E-state index contributed by atoms with van der Waals surface area (Å²) in [6.45, 7) is 0.0205. The van der Waals surface area contributed by atoms with Crippen LogP contribution in [0.2, 0.25) is 0 Å². The third kappa shape index (κ3) is 5.15. The van der Waals surface area contributed by atoms with Crippen LogP contribution in [0.4, 0.5) is 13.2 Å². The average molecular weight is 409 g/mol. The van der Waals surface area contributed by atoms with Crippen LogP contribution >= 0.6 is 0 Å². The zero-order chi connectivity index (χ0) is 21.0. The van der Waals surface area contributed by atoms with Gasteiger partial charge in [0.05, 0.1) is 7.11 Å². The minimum absolute atomic E-state index is 0.0205. The third-order valence-corrected chi connectivity index (χ3v) is 3.79. The number of methoxy groups -OCH3 is 1. The number of halogens is 3. The number of nitrogens with one attached hydrogen (secondary N) is 2. The number of aromatic amines is 1. The lowest BCUT2D eigenvalue weighted by molar-refractivity contribution is -0.274. The van der Waals surface area contributed by atoms with Crippen LogP contribution in [0.15, 0.2) is 51.8 Å². The summed E-state index contributed by atoms with van der Waals surface area (Å²) in [5.74, 6) is -1.17. The summed E-state index contributed by atoms with van der Waals surface area (Å²) in [7, 11) is 1.30. The molecule has 2 N–H and O–H groups in total. The molecule has 0 aliphatic heterocycles. The monoisotopic (exact) mass is 409 g/mol. The van der Waals surface area contributed by atoms with E-state index in [9.17, 15) is 22.8 Å². The number of aromatic nitrogens is 2. The van der Waals surface area contributed by atoms with Crippen LogP contribution in [0.1, 0.15) is 15.9 Å². The van der Waals surface area contributed by atoms with E-state index in [-0.39, 0.29) is 18.1 Å². The van der Waals surface area contributed by atoms with Crippen LogP contribution in [0.5, 0.6) is 11.5 Å². The van der Waals surface area contributed by atoms with E-state index < -0.39 is 23.8 Å². The number of amides is 1. The van der Waals surface area contributed by atoms with Gasteiger partial charge in [-0.3, -0.25) is 14.3 Å². The largest absolute Gasteiger partial charge is 0.573 e. The Morgan fingerprint density at radius 2 is 1.93 bits per heavy atom. The van der Waals surface area contributed by atoms with Gasteiger partial charge in [-0.1, -0.05) is 17.3 Å². The number of hydrogen-bond acceptors (Lipinski definition) is 6. The molecule has 29 heavy (non-hydrogen) atoms. The Labute approximate surface area is 161 Å². The number of nitrogens with zero attached hydrogens (tertiary/aromatic N) is 1. The highest BCUT2D eigenvalue weighted by molar-refractivity contribution is 5.94. The normalized spacial score (nSPS) is 11.2. The molecular weight excluding hydrogens is 395 g/mol. The fourth-order valence-electron chi connectivity index (χ4n) is 2.48. The van der Waals surface area contributed by atoms with Gasteiger partial charge in [0.2, 0.25) is 0 Å². The number of rotatable bonds is 6. The van der Waals surface area contributed by atoms with Crippen molar-refractivity contribution in [3.63, 3.8) is 0 Å². The van der Waals surface area contributed by atoms with E-state index in [1.165, 1.54) is 25.3 Å². The highest BCUT2D eigenvalue weighted by Crippen LogP contribution is 2.29. The molecule has 8 nitrogen and oxygen atoms in total. The van der Waals surface area contributed by atoms with Crippen LogP contribution < -0.4 is 20.5 Å². The standard InChI is InChI=1S/C18H14F3N3O5/c1-27-14-8-13(28-18(19,20)21)7-6-12(14)9-22-16(25)11-4-2-10(3-5-11)15-23-17(26)29-24-15/h2-8H,9H2,1H3,(H,22,25)(H,23,24,26). The van der Waals surface area contributed by atoms with Crippen LogP contribution in [0.25, 0.3) is 11.4 Å². The molecular formula is C18H14F3N3O5. The first kappa shape index (κ1) is 20.0. The third-order valence-electron chi connectivity index (χ3n) is 3.79. The van der Waals surface area contributed by atoms with Gasteiger partial charge in [-0.05, 0) is 24.3 Å². The first-order chi connectivity index (χ1) is 13.7. The number of carbonyl (C=O) groups is 1. The minimum Gasteiger partial charge on any atom is -0.496 e. The topological polar surface area (TPSA) is 106 Å². The lowest BCUT2D eigenvalue weighted by Gasteiger charge is -2.13. The summed E-state index contributed by atoms with van der Waals surface area (Å²) in [5.41, 5.74) is 1.34. The molecule has 1 heterocycles. The number of carbonyl (C=O) groups excluding carboxylic acids is 1. The summed E-state index contributed by atoms with van der Waals surface area (Å²) in [6.07, 6.45) is -4.81. The predicted octanol–water partition coefficient (Wildman–Crippen LogP) is 2.87. The van der Waals surface area contributed by atoms with Gasteiger partial charge in [-0.25, -0.2) is 4.79 Å². The molecule has 0 aliphatic rings. The molecule has 0 fully saturated rings. The number of H-pyrrole nitrogens is 1. The Morgan fingerprint density at radius 1 is 1.21 bits per heavy atom. The van der Waals surface area contributed by atoms with E-state index in [1.54, 1.807) is 12.1 Å². The maximum Gasteiger partial charge on any atom is 0.573 e. The zero-order valence-corrected chi connectivity index (χ0v) is 14.9. The molecule has 0 radical (unpaired) electrons. The molecule has 1 amide bonds. The van der Waals surface area contributed by atoms with Gasteiger partial charge < -0.3 is 14.8 Å². The van der Waals surface area contributed by atoms with Gasteiger partial charge >= 0.3 is 12.1 Å². The smallest absolute Gasteiger partial charge is 0.496 e. The van der Waals surface area contributed by atoms with Crippen LogP contribution in [-0.4, -0.2) is 29.5 Å². The maximum atomic E-state index is 12.3. The van der Waals surface area contributed by atoms with Crippen molar-refractivity contribution in [3.8, 4) is 22.9 Å². The molecule has 0 saturated heterocycles. The van der Waals surface area contributed by atoms with Gasteiger partial charge in [-0.2, -0.15) is 0 Å². The molecule has 0 unspecified atom stereocenters. The molecule has 3 rings (SSSR count). The van der Waals surface area contributed by atoms with Crippen molar-refractivity contribution in [2.75, 3.05) is 7.11 Å². The van der Waals surface area contributed by atoms with Crippen molar-refractivity contribution in [3.05, 3.63) is 64.1 Å². The molecule has 3 aromatic rings. The lowest BCUT2D eigenvalue weighted by atomic mass is 10.1. The van der Waals surface area contributed by atoms with E-state index >= 15 is 0 Å². The summed E-state index contributed by atoms with van der Waals surface area (Å²) in [5, 5.41) is 6.19. The molecule has 11 heteroatoms. The summed E-state index contributed by atoms with van der Waals surface area (Å²) < 4.78 is 50.3. The minimum atomic E-state index is -4.81. The molecule has 2 aromatic carbocycles. The van der Waals surface area contributed by atoms with Crippen molar-refractivity contribution in [1.29, 1.82) is 0 Å². The molecule has 152 valence electrons. The zero-order valence-electron chi connectivity index (χ0n) is 14.9. The summed E-state index contributed by atoms with van der Waals surface area (Å²) >= 11 is 0. The maximum absolute atomic E-state index is 12.3. The van der Waals surface area contributed by atoms with E-state index in [0.29, 0.717) is 16.7 Å². The van der Waals surface area contributed by atoms with Crippen molar-refractivity contribution in [1.82, 2.24) is 15.5 Å². The van der Waals surface area contributed by atoms with E-state index in [4.69, 9.17) is 4.74 Å². The van der Waals surface area contributed by atoms with Crippen molar-refractivity contribution < 1.29 is 32.0 Å². The quantitative estimate of drug-likeness (QED) is 0.649. The lowest BCUT2D eigenvalue weighted by Crippen LogP contribution is -2.23. The number of hydrogen-bond donors (Lipinski definition) is 2. The Morgan fingerprint density at radius 3 is 2.52 bits per heavy atom. The van der Waals surface area contributed by atoms with Gasteiger partial charge in [0, 0.05) is 29.3 Å². The highest BCUT2D eigenvalue weighted by atomic mass is 19.4. The second kappa shape index (κ2) is 8.09. The Bertz CT molecular complexity index is 1060. The van der Waals surface area contributed by atoms with Crippen LogP contribution in [-0.2, 0) is 6.54 Å². The number of benzene rings is 2. The average Bonchev–Trinajstić information content (AvgIpc) is 3.12. The number of ether oxygens (including phenoxy) is 2. The molecule has 1 aromatic heterocycles. The Kier molecular flexibility index (Phi) is 5.57. The predicted molar refractivity (Wildman–Crippen MR) is 93.4 cm³/mol.